The van der Waals surface area contributed by atoms with Gasteiger partial charge < -0.3 is 9.64 Å². The molecule has 1 aromatic rings. The molecule has 1 aliphatic rings. The zero-order chi connectivity index (χ0) is 13.0. The summed E-state index contributed by atoms with van der Waals surface area (Å²) >= 11 is 0. The van der Waals surface area contributed by atoms with E-state index in [0.717, 1.165) is 19.5 Å². The number of carbonyl (C=O) groups excluding carboxylic acids is 1. The minimum atomic E-state index is -0.185. The molecule has 3 nitrogen and oxygen atoms in total. The lowest BCUT2D eigenvalue weighted by molar-refractivity contribution is -0.143. The fraction of sp³-hybridized carbons (Fsp3) is 0.533. The van der Waals surface area contributed by atoms with Crippen LogP contribution in [0.15, 0.2) is 30.3 Å². The van der Waals surface area contributed by atoms with Crippen LogP contribution in [0.2, 0.25) is 0 Å². The molecule has 0 amide bonds. The maximum absolute atomic E-state index is 11.0. The predicted octanol–water partition coefficient (Wildman–Crippen LogP) is 2.29. The molecule has 0 aliphatic carbocycles. The van der Waals surface area contributed by atoms with Crippen molar-refractivity contribution in [3.05, 3.63) is 35.9 Å². The molecule has 2 rings (SSSR count). The molecule has 3 heteroatoms. The van der Waals surface area contributed by atoms with Gasteiger partial charge in [0.15, 0.2) is 0 Å². The van der Waals surface area contributed by atoms with E-state index < -0.39 is 0 Å². The van der Waals surface area contributed by atoms with E-state index in [4.69, 9.17) is 4.74 Å². The molecule has 1 fully saturated rings. The van der Waals surface area contributed by atoms with Gasteiger partial charge in [-0.05, 0) is 31.5 Å². The van der Waals surface area contributed by atoms with Gasteiger partial charge in [-0.1, -0.05) is 30.3 Å². The summed E-state index contributed by atoms with van der Waals surface area (Å²) in [6.45, 7) is 4.10. The van der Waals surface area contributed by atoms with Crippen molar-refractivity contribution in [1.82, 2.24) is 4.90 Å². The highest BCUT2D eigenvalue weighted by atomic mass is 16.5. The Morgan fingerprint density at radius 1 is 1.39 bits per heavy atom. The summed E-state index contributed by atoms with van der Waals surface area (Å²) in [5.41, 5.74) is 1.36. The molecule has 0 unspecified atom stereocenters. The monoisotopic (exact) mass is 247 g/mol. The highest BCUT2D eigenvalue weighted by molar-refractivity contribution is 5.65. The Kier molecular flexibility index (Phi) is 4.37. The highest BCUT2D eigenvalue weighted by Gasteiger charge is 2.29. The topological polar surface area (TPSA) is 29.5 Å². The van der Waals surface area contributed by atoms with Crippen LogP contribution in [0.25, 0.3) is 0 Å². The fourth-order valence-corrected chi connectivity index (χ4v) is 2.75. The van der Waals surface area contributed by atoms with Crippen LogP contribution in [0.3, 0.4) is 0 Å². The molecule has 2 atom stereocenters. The van der Waals surface area contributed by atoms with Gasteiger partial charge in [0.1, 0.15) is 0 Å². The largest absolute Gasteiger partial charge is 0.466 e. The van der Waals surface area contributed by atoms with Crippen LogP contribution >= 0.6 is 0 Å². The second-order valence-corrected chi connectivity index (χ2v) is 5.13. The molecule has 1 aliphatic heterocycles. The molecule has 98 valence electrons. The van der Waals surface area contributed by atoms with Crippen LogP contribution in [0, 0.1) is 5.92 Å². The van der Waals surface area contributed by atoms with Crippen LogP contribution in [0.5, 0.6) is 0 Å². The lowest BCUT2D eigenvalue weighted by Gasteiger charge is -2.36. The Bertz CT molecular complexity index is 391. The number of nitrogens with zero attached hydrogens (tertiary/aromatic N) is 1. The number of esters is 1. The lowest BCUT2D eigenvalue weighted by atomic mass is 9.81. The van der Waals surface area contributed by atoms with Gasteiger partial charge in [0.05, 0.1) is 6.61 Å². The van der Waals surface area contributed by atoms with E-state index >= 15 is 0 Å². The third kappa shape index (κ3) is 3.33. The molecule has 0 aromatic heterocycles. The van der Waals surface area contributed by atoms with Crippen LogP contribution in [0.1, 0.15) is 24.8 Å². The van der Waals surface area contributed by atoms with Crippen molar-refractivity contribution < 1.29 is 9.53 Å². The van der Waals surface area contributed by atoms with E-state index in [1.165, 1.54) is 12.5 Å². The zero-order valence-corrected chi connectivity index (χ0v) is 11.1. The second kappa shape index (κ2) is 6.01. The molecule has 0 radical (unpaired) electrons. The van der Waals surface area contributed by atoms with Gasteiger partial charge >= 0.3 is 5.97 Å². The Morgan fingerprint density at radius 2 is 2.11 bits per heavy atom. The number of rotatable bonds is 3. The summed E-state index contributed by atoms with van der Waals surface area (Å²) < 4.78 is 5.22. The number of likely N-dealkylation sites (tertiary alicyclic amines) is 1. The number of carbonyl (C=O) groups is 1. The Hall–Kier alpha value is -1.35. The van der Waals surface area contributed by atoms with Crippen molar-refractivity contribution in [3.8, 4) is 0 Å². The maximum Gasteiger partial charge on any atom is 0.302 e. The number of piperidine rings is 1. The number of benzene rings is 1. The summed E-state index contributed by atoms with van der Waals surface area (Å²) in [5, 5.41) is 0. The minimum absolute atomic E-state index is 0.185. The Balaban J connectivity index is 2.08. The smallest absolute Gasteiger partial charge is 0.302 e. The molecule has 1 saturated heterocycles. The first-order valence-electron chi connectivity index (χ1n) is 6.53. The normalized spacial score (nSPS) is 24.8. The summed E-state index contributed by atoms with van der Waals surface area (Å²) in [7, 11) is 2.13. The van der Waals surface area contributed by atoms with Crippen LogP contribution < -0.4 is 0 Å². The summed E-state index contributed by atoms with van der Waals surface area (Å²) in [4.78, 5) is 13.3. The van der Waals surface area contributed by atoms with Gasteiger partial charge in [-0.25, -0.2) is 0 Å². The van der Waals surface area contributed by atoms with Gasteiger partial charge in [0, 0.05) is 19.4 Å². The maximum atomic E-state index is 11.0. The van der Waals surface area contributed by atoms with E-state index in [1.54, 1.807) is 0 Å². The fourth-order valence-electron chi connectivity index (χ4n) is 2.75. The quantitative estimate of drug-likeness (QED) is 0.767. The molecule has 0 saturated carbocycles. The number of hydrogen-bond acceptors (Lipinski definition) is 3. The van der Waals surface area contributed by atoms with E-state index in [1.807, 2.05) is 6.07 Å². The average molecular weight is 247 g/mol. The number of hydrogen-bond donors (Lipinski definition) is 0. The molecule has 1 heterocycles. The lowest BCUT2D eigenvalue weighted by Crippen LogP contribution is -2.39. The van der Waals surface area contributed by atoms with E-state index in [2.05, 4.69) is 36.2 Å². The van der Waals surface area contributed by atoms with Gasteiger partial charge in [-0.2, -0.15) is 0 Å². The SMILES string of the molecule is CC(=O)OC[C@H]1CN(C)CC[C@H]1c1ccccc1. The summed E-state index contributed by atoms with van der Waals surface area (Å²) in [6, 6.07) is 10.6. The summed E-state index contributed by atoms with van der Waals surface area (Å²) in [5.74, 6) is 0.715. The number of ether oxygens (including phenoxy) is 1. The van der Waals surface area contributed by atoms with Gasteiger partial charge in [0.2, 0.25) is 0 Å². The van der Waals surface area contributed by atoms with Crippen LogP contribution in [0.4, 0.5) is 0 Å². The Morgan fingerprint density at radius 3 is 2.78 bits per heavy atom. The molecule has 0 bridgehead atoms. The molecule has 0 spiro atoms. The predicted molar refractivity (Wildman–Crippen MR) is 71.4 cm³/mol. The zero-order valence-electron chi connectivity index (χ0n) is 11.1. The molecule has 1 aromatic carbocycles. The molecular formula is C15H21NO2. The van der Waals surface area contributed by atoms with Crippen molar-refractivity contribution >= 4 is 5.97 Å². The molecule has 0 N–H and O–H groups in total. The van der Waals surface area contributed by atoms with E-state index in [-0.39, 0.29) is 5.97 Å². The van der Waals surface area contributed by atoms with E-state index in [9.17, 15) is 4.79 Å². The molecule has 18 heavy (non-hydrogen) atoms. The minimum Gasteiger partial charge on any atom is -0.466 e. The van der Waals surface area contributed by atoms with Crippen molar-refractivity contribution in [3.63, 3.8) is 0 Å². The highest BCUT2D eigenvalue weighted by Crippen LogP contribution is 2.32. The molecular weight excluding hydrogens is 226 g/mol. The third-order valence-electron chi connectivity index (χ3n) is 3.67. The van der Waals surface area contributed by atoms with Gasteiger partial charge in [-0.15, -0.1) is 0 Å². The second-order valence-electron chi connectivity index (χ2n) is 5.13. The third-order valence-corrected chi connectivity index (χ3v) is 3.67. The van der Waals surface area contributed by atoms with Crippen LogP contribution in [-0.4, -0.2) is 37.6 Å². The first-order chi connectivity index (χ1) is 8.66. The van der Waals surface area contributed by atoms with Gasteiger partial charge in [0.25, 0.3) is 0 Å². The van der Waals surface area contributed by atoms with Gasteiger partial charge in [-0.3, -0.25) is 4.79 Å². The first-order valence-corrected chi connectivity index (χ1v) is 6.53. The van der Waals surface area contributed by atoms with Crippen LogP contribution in [-0.2, 0) is 9.53 Å². The van der Waals surface area contributed by atoms with Crippen molar-refractivity contribution in [2.75, 3.05) is 26.7 Å². The van der Waals surface area contributed by atoms with Crippen molar-refractivity contribution in [1.29, 1.82) is 0 Å². The Labute approximate surface area is 109 Å². The first kappa shape index (κ1) is 13.1. The van der Waals surface area contributed by atoms with Crippen molar-refractivity contribution in [2.24, 2.45) is 5.92 Å². The van der Waals surface area contributed by atoms with Crippen molar-refractivity contribution in [2.45, 2.75) is 19.3 Å². The van der Waals surface area contributed by atoms with E-state index in [0.29, 0.717) is 18.4 Å². The average Bonchev–Trinajstić information content (AvgIpc) is 2.37. The summed E-state index contributed by atoms with van der Waals surface area (Å²) in [6.07, 6.45) is 1.13. The standard InChI is InChI=1S/C15H21NO2/c1-12(17)18-11-14-10-16(2)9-8-15(14)13-6-4-3-5-7-13/h3-7,14-15H,8-11H2,1-2H3/t14-,15+/m1/s1.